The summed E-state index contributed by atoms with van der Waals surface area (Å²) in [6.45, 7) is 2.08. The molecule has 3 rings (SSSR count). The number of Topliss-reactive ketones (excluding diaryl/α,β-unsaturated/α-hetero) is 2. The summed E-state index contributed by atoms with van der Waals surface area (Å²) in [6, 6.07) is 5.73. The first-order valence-corrected chi connectivity index (χ1v) is 20.5. The second-order valence-corrected chi connectivity index (χ2v) is 16.4. The standard InChI is InChI=1S/C35H41F6N7O2S4/c1-20(44)4-2-8-51-31-17-29(53-10-6-42)21(12-23(31)34(36,37)38)14-27(49)25-16-26(48-19-47-25)28(50)15-22-13-24(35(39,40)41)32(18-30(22)54-11-7-43)52-9-3-5-33(45)46/h12-13,16-19,44H,2-11,14-15,42-43H2,1H3,(H3,45,46). The number of carbonyl (C=O) groups excluding carboxylic acids is 2. The van der Waals surface area contributed by atoms with Crippen LogP contribution in [0, 0.1) is 10.8 Å². The highest BCUT2D eigenvalue weighted by Gasteiger charge is 2.36. The number of halogens is 6. The van der Waals surface area contributed by atoms with Crippen molar-refractivity contribution in [2.75, 3.05) is 36.1 Å². The molecule has 0 radical (unpaired) electrons. The minimum absolute atomic E-state index is 0.00643. The third kappa shape index (κ3) is 14.2. The maximum atomic E-state index is 14.2. The number of nitrogens with one attached hydrogen (secondary N) is 2. The largest absolute Gasteiger partial charge is 0.417 e. The molecule has 0 saturated heterocycles. The molecule has 0 spiro atoms. The average molecular weight is 834 g/mol. The Kier molecular flexibility index (Phi) is 17.8. The first-order valence-electron chi connectivity index (χ1n) is 16.6. The van der Waals surface area contributed by atoms with Gasteiger partial charge in [-0.2, -0.15) is 26.3 Å². The normalized spacial score (nSPS) is 11.9. The molecule has 19 heteroatoms. The van der Waals surface area contributed by atoms with Crippen LogP contribution in [0.3, 0.4) is 0 Å². The van der Waals surface area contributed by atoms with Crippen LogP contribution in [0.4, 0.5) is 26.3 Å². The van der Waals surface area contributed by atoms with E-state index in [0.29, 0.717) is 52.0 Å². The fourth-order valence-electron chi connectivity index (χ4n) is 4.93. The van der Waals surface area contributed by atoms with Crippen molar-refractivity contribution >= 4 is 70.2 Å². The lowest BCUT2D eigenvalue weighted by Crippen LogP contribution is -2.15. The Hall–Kier alpha value is -3.10. The van der Waals surface area contributed by atoms with E-state index in [1.165, 1.54) is 35.7 Å². The zero-order valence-corrected chi connectivity index (χ0v) is 32.6. The van der Waals surface area contributed by atoms with Crippen molar-refractivity contribution in [3.8, 4) is 0 Å². The van der Waals surface area contributed by atoms with E-state index in [4.69, 9.17) is 28.0 Å². The van der Waals surface area contributed by atoms with Crippen LogP contribution in [0.1, 0.15) is 75.8 Å². The first-order chi connectivity index (χ1) is 25.4. The van der Waals surface area contributed by atoms with Crippen molar-refractivity contribution < 1.29 is 35.9 Å². The third-order valence-corrected chi connectivity index (χ3v) is 12.0. The molecule has 0 aliphatic heterocycles. The molecule has 0 aliphatic rings. The number of nitrogens with zero attached hydrogens (tertiary/aromatic N) is 2. The number of ketones is 2. The maximum Gasteiger partial charge on any atom is 0.417 e. The molecular formula is C35H41F6N7O2S4. The number of amidine groups is 1. The molecule has 0 bridgehead atoms. The van der Waals surface area contributed by atoms with Crippen molar-refractivity contribution in [1.29, 1.82) is 10.8 Å². The van der Waals surface area contributed by atoms with E-state index in [2.05, 4.69) is 9.97 Å². The lowest BCUT2D eigenvalue weighted by atomic mass is 10.0. The molecule has 294 valence electrons. The summed E-state index contributed by atoms with van der Waals surface area (Å²) in [7, 11) is 0. The van der Waals surface area contributed by atoms with E-state index in [9.17, 15) is 35.9 Å². The molecule has 54 heavy (non-hydrogen) atoms. The fourth-order valence-corrected chi connectivity index (χ4v) is 8.87. The number of aromatic nitrogens is 2. The van der Waals surface area contributed by atoms with Crippen molar-refractivity contribution in [2.24, 2.45) is 17.2 Å². The highest BCUT2D eigenvalue weighted by atomic mass is 32.2. The number of carbonyl (C=O) groups is 2. The van der Waals surface area contributed by atoms with Crippen molar-refractivity contribution in [3.63, 3.8) is 0 Å². The zero-order valence-electron chi connectivity index (χ0n) is 29.3. The Labute approximate surface area is 326 Å². The Morgan fingerprint density at radius 1 is 0.648 bits per heavy atom. The molecule has 3 aromatic rings. The molecule has 9 nitrogen and oxygen atoms in total. The van der Waals surface area contributed by atoms with Crippen molar-refractivity contribution in [1.82, 2.24) is 9.97 Å². The quantitative estimate of drug-likeness (QED) is 0.0164. The van der Waals surface area contributed by atoms with E-state index >= 15 is 0 Å². The van der Waals surface area contributed by atoms with Crippen LogP contribution in [0.5, 0.6) is 0 Å². The molecule has 0 unspecified atom stereocenters. The predicted molar refractivity (Wildman–Crippen MR) is 206 cm³/mol. The average Bonchev–Trinajstić information content (AvgIpc) is 3.10. The van der Waals surface area contributed by atoms with E-state index in [1.54, 1.807) is 6.92 Å². The van der Waals surface area contributed by atoms with Crippen LogP contribution in [0.15, 0.2) is 56.2 Å². The molecule has 1 heterocycles. The molecule has 1 aromatic heterocycles. The number of rotatable bonds is 22. The van der Waals surface area contributed by atoms with Gasteiger partial charge in [-0.25, -0.2) is 9.97 Å². The third-order valence-electron chi connectivity index (χ3n) is 7.43. The molecule has 0 amide bonds. The lowest BCUT2D eigenvalue weighted by molar-refractivity contribution is -0.140. The number of nitrogens with two attached hydrogens (primary N) is 3. The summed E-state index contributed by atoms with van der Waals surface area (Å²) < 4.78 is 85.4. The summed E-state index contributed by atoms with van der Waals surface area (Å²) in [6.07, 6.45) is -7.89. The van der Waals surface area contributed by atoms with Crippen LogP contribution in [-0.4, -0.2) is 69.2 Å². The molecular weight excluding hydrogens is 793 g/mol. The number of benzene rings is 2. The SMILES string of the molecule is CC(=N)CCCSc1cc(SCCN)c(CC(=O)c2cc(C(=O)Cc3cc(C(F)(F)F)c(SCCCC(=N)N)cc3SCCN)ncn2)cc1C(F)(F)F. The zero-order chi connectivity index (χ0) is 40.1. The number of hydrogen-bond acceptors (Lipinski definition) is 12. The van der Waals surface area contributed by atoms with Crippen LogP contribution in [0.2, 0.25) is 0 Å². The molecule has 8 N–H and O–H groups in total. The van der Waals surface area contributed by atoms with E-state index in [-0.39, 0.29) is 63.4 Å². The van der Waals surface area contributed by atoms with Gasteiger partial charge in [0, 0.05) is 69.2 Å². The molecule has 0 atom stereocenters. The van der Waals surface area contributed by atoms with Gasteiger partial charge in [-0.1, -0.05) is 0 Å². The monoisotopic (exact) mass is 833 g/mol. The maximum absolute atomic E-state index is 14.2. The van der Waals surface area contributed by atoms with Gasteiger partial charge in [-0.05, 0) is 79.2 Å². The smallest absolute Gasteiger partial charge is 0.388 e. The minimum Gasteiger partial charge on any atom is -0.388 e. The Balaban J connectivity index is 1.93. The second kappa shape index (κ2) is 21.3. The van der Waals surface area contributed by atoms with Gasteiger partial charge < -0.3 is 22.6 Å². The van der Waals surface area contributed by atoms with Gasteiger partial charge in [-0.3, -0.25) is 15.0 Å². The minimum atomic E-state index is -4.74. The van der Waals surface area contributed by atoms with Gasteiger partial charge in [0.25, 0.3) is 0 Å². The number of alkyl halides is 6. The molecule has 0 aliphatic carbocycles. The first kappa shape index (κ1) is 45.3. The van der Waals surface area contributed by atoms with Gasteiger partial charge in [-0.15, -0.1) is 47.0 Å². The molecule has 2 aromatic carbocycles. The number of thioether (sulfide) groups is 4. The van der Waals surface area contributed by atoms with Crippen molar-refractivity contribution in [3.05, 3.63) is 70.3 Å². The second-order valence-electron chi connectivity index (χ2n) is 11.9. The highest BCUT2D eigenvalue weighted by molar-refractivity contribution is 8.00. The number of hydrogen-bond donors (Lipinski definition) is 5. The van der Waals surface area contributed by atoms with Gasteiger partial charge >= 0.3 is 12.4 Å². The summed E-state index contributed by atoms with van der Waals surface area (Å²) in [5.74, 6) is -0.0985. The Morgan fingerprint density at radius 3 is 1.43 bits per heavy atom. The summed E-state index contributed by atoms with van der Waals surface area (Å²) in [5.41, 5.74) is 15.0. The molecule has 0 saturated carbocycles. The Bertz CT molecular complexity index is 1680. The van der Waals surface area contributed by atoms with Gasteiger partial charge in [0.1, 0.15) is 17.7 Å². The van der Waals surface area contributed by atoms with Crippen LogP contribution in [-0.2, 0) is 25.2 Å². The van der Waals surface area contributed by atoms with E-state index in [1.807, 2.05) is 0 Å². The van der Waals surface area contributed by atoms with Gasteiger partial charge in [0.2, 0.25) is 0 Å². The van der Waals surface area contributed by atoms with Crippen LogP contribution in [0.25, 0.3) is 0 Å². The van der Waals surface area contributed by atoms with Gasteiger partial charge in [0.15, 0.2) is 11.6 Å². The summed E-state index contributed by atoms with van der Waals surface area (Å²) in [5, 5.41) is 14.9. The lowest BCUT2D eigenvalue weighted by Gasteiger charge is -2.18. The highest BCUT2D eigenvalue weighted by Crippen LogP contribution is 2.42. The van der Waals surface area contributed by atoms with E-state index < -0.39 is 47.9 Å². The molecule has 0 fully saturated rings. The van der Waals surface area contributed by atoms with E-state index in [0.717, 1.165) is 48.1 Å². The summed E-state index contributed by atoms with van der Waals surface area (Å²) in [4.78, 5) is 35.7. The van der Waals surface area contributed by atoms with Crippen LogP contribution < -0.4 is 17.2 Å². The Morgan fingerprint density at radius 2 is 1.06 bits per heavy atom. The fraction of sp³-hybridized carbons (Fsp3) is 0.429. The van der Waals surface area contributed by atoms with Gasteiger partial charge in [0.05, 0.1) is 17.0 Å². The van der Waals surface area contributed by atoms with Crippen molar-refractivity contribution in [2.45, 2.75) is 77.4 Å². The van der Waals surface area contributed by atoms with Crippen LogP contribution >= 0.6 is 47.0 Å². The summed E-state index contributed by atoms with van der Waals surface area (Å²) >= 11 is 4.38. The topological polar surface area (TPSA) is 186 Å². The predicted octanol–water partition coefficient (Wildman–Crippen LogP) is 8.19.